The molecule has 0 heterocycles. The third kappa shape index (κ3) is 4.13. The summed E-state index contributed by atoms with van der Waals surface area (Å²) in [6.07, 6.45) is 0. The summed E-state index contributed by atoms with van der Waals surface area (Å²) >= 11 is 15.5. The second kappa shape index (κ2) is 7.16. The summed E-state index contributed by atoms with van der Waals surface area (Å²) in [5, 5.41) is 3.48. The average Bonchev–Trinajstić information content (AvgIpc) is 2.47. The molecule has 0 saturated carbocycles. The zero-order valence-electron chi connectivity index (χ0n) is 11.1. The molecule has 2 rings (SSSR count). The first kappa shape index (κ1) is 16.1. The Kier molecular flexibility index (Phi) is 5.51. The molecule has 6 heteroatoms. The molecule has 0 aliphatic carbocycles. The van der Waals surface area contributed by atoms with E-state index in [1.807, 2.05) is 25.1 Å². The first-order chi connectivity index (χ1) is 9.99. The lowest BCUT2D eigenvalue weighted by Gasteiger charge is -2.12. The molecule has 0 bridgehead atoms. The molecule has 0 spiro atoms. The first-order valence-electron chi connectivity index (χ1n) is 6.11. The van der Waals surface area contributed by atoms with Gasteiger partial charge < -0.3 is 10.1 Å². The number of hydrogen-bond donors (Lipinski definition) is 1. The number of aryl methyl sites for hydroxylation is 1. The number of halogens is 3. The van der Waals surface area contributed by atoms with E-state index < -0.39 is 0 Å². The molecule has 0 radical (unpaired) electrons. The van der Waals surface area contributed by atoms with Crippen LogP contribution in [0.25, 0.3) is 0 Å². The molecular weight excluding hydrogens is 377 g/mol. The summed E-state index contributed by atoms with van der Waals surface area (Å²) in [7, 11) is 0. The molecule has 2 aromatic rings. The van der Waals surface area contributed by atoms with Crippen LogP contribution in [0, 0.1) is 6.92 Å². The lowest BCUT2D eigenvalue weighted by atomic mass is 10.2. The highest BCUT2D eigenvalue weighted by molar-refractivity contribution is 9.10. The van der Waals surface area contributed by atoms with Crippen molar-refractivity contribution in [2.45, 2.75) is 6.92 Å². The van der Waals surface area contributed by atoms with Gasteiger partial charge in [-0.15, -0.1) is 0 Å². The maximum absolute atomic E-state index is 11.9. The van der Waals surface area contributed by atoms with Crippen LogP contribution < -0.4 is 10.1 Å². The molecule has 21 heavy (non-hydrogen) atoms. The van der Waals surface area contributed by atoms with Gasteiger partial charge in [0.15, 0.2) is 6.61 Å². The summed E-state index contributed by atoms with van der Waals surface area (Å²) in [6.45, 7) is 1.70. The fourth-order valence-corrected chi connectivity index (χ4v) is 2.52. The van der Waals surface area contributed by atoms with Crippen molar-refractivity contribution in [1.82, 2.24) is 0 Å². The fourth-order valence-electron chi connectivity index (χ4n) is 1.65. The van der Waals surface area contributed by atoms with E-state index in [1.165, 1.54) is 0 Å². The van der Waals surface area contributed by atoms with Crippen molar-refractivity contribution in [2.75, 3.05) is 11.9 Å². The molecule has 0 aromatic heterocycles. The van der Waals surface area contributed by atoms with Crippen molar-refractivity contribution in [3.63, 3.8) is 0 Å². The van der Waals surface area contributed by atoms with Crippen LogP contribution in [0.3, 0.4) is 0 Å². The van der Waals surface area contributed by atoms with E-state index in [1.54, 1.807) is 18.2 Å². The Morgan fingerprint density at radius 1 is 1.24 bits per heavy atom. The number of hydrogen-bond acceptors (Lipinski definition) is 2. The quantitative estimate of drug-likeness (QED) is 0.792. The summed E-state index contributed by atoms with van der Waals surface area (Å²) in [6, 6.07) is 10.8. The zero-order chi connectivity index (χ0) is 15.4. The van der Waals surface area contributed by atoms with Crippen LogP contribution in [0.1, 0.15) is 5.56 Å². The van der Waals surface area contributed by atoms with Crippen LogP contribution >= 0.6 is 39.1 Å². The van der Waals surface area contributed by atoms with Gasteiger partial charge in [-0.3, -0.25) is 4.79 Å². The number of anilines is 1. The van der Waals surface area contributed by atoms with Gasteiger partial charge in [0.2, 0.25) is 0 Å². The highest BCUT2D eigenvalue weighted by Crippen LogP contribution is 2.32. The molecule has 0 aliphatic rings. The van der Waals surface area contributed by atoms with Gasteiger partial charge in [-0.05, 0) is 46.6 Å². The van der Waals surface area contributed by atoms with Crippen molar-refractivity contribution in [2.24, 2.45) is 0 Å². The normalized spacial score (nSPS) is 10.3. The largest absolute Gasteiger partial charge is 0.483 e. The molecule has 0 unspecified atom stereocenters. The summed E-state index contributed by atoms with van der Waals surface area (Å²) < 4.78 is 6.22. The fraction of sp³-hybridized carbons (Fsp3) is 0.133. The number of carbonyl (C=O) groups is 1. The van der Waals surface area contributed by atoms with E-state index in [0.29, 0.717) is 21.5 Å². The Morgan fingerprint density at radius 2 is 1.95 bits per heavy atom. The molecule has 0 atom stereocenters. The predicted molar refractivity (Wildman–Crippen MR) is 89.5 cm³/mol. The number of ether oxygens (including phenoxy) is 1. The van der Waals surface area contributed by atoms with Crippen LogP contribution in [0.5, 0.6) is 5.75 Å². The standard InChI is InChI=1S/C15H12BrCl2NO2/c1-9-6-7-11(17)15(14(9)18)19-13(20)8-21-12-5-3-2-4-10(12)16/h2-7H,8H2,1H3,(H,19,20). The topological polar surface area (TPSA) is 38.3 Å². The molecule has 1 amide bonds. The number of nitrogens with one attached hydrogen (secondary N) is 1. The second-order valence-electron chi connectivity index (χ2n) is 4.32. The molecule has 0 fully saturated rings. The van der Waals surface area contributed by atoms with E-state index in [-0.39, 0.29) is 12.5 Å². The van der Waals surface area contributed by atoms with Crippen LogP contribution in [0.2, 0.25) is 10.0 Å². The summed E-state index contributed by atoms with van der Waals surface area (Å²) in [5.41, 5.74) is 1.24. The first-order valence-corrected chi connectivity index (χ1v) is 7.65. The summed E-state index contributed by atoms with van der Waals surface area (Å²) in [4.78, 5) is 11.9. The lowest BCUT2D eigenvalue weighted by molar-refractivity contribution is -0.118. The smallest absolute Gasteiger partial charge is 0.262 e. The predicted octanol–water partition coefficient (Wildman–Crippen LogP) is 5.08. The molecular formula is C15H12BrCl2NO2. The SMILES string of the molecule is Cc1ccc(Cl)c(NC(=O)COc2ccccc2Br)c1Cl. The average molecular weight is 389 g/mol. The van der Waals surface area contributed by atoms with Crippen molar-refractivity contribution >= 4 is 50.7 Å². The van der Waals surface area contributed by atoms with Crippen LogP contribution in [0.4, 0.5) is 5.69 Å². The van der Waals surface area contributed by atoms with Gasteiger partial charge in [-0.1, -0.05) is 41.4 Å². The van der Waals surface area contributed by atoms with Gasteiger partial charge in [-0.2, -0.15) is 0 Å². The number of amides is 1. The Morgan fingerprint density at radius 3 is 2.67 bits per heavy atom. The summed E-state index contributed by atoms with van der Waals surface area (Å²) in [5.74, 6) is 0.259. The van der Waals surface area contributed by atoms with Crippen LogP contribution in [-0.2, 0) is 4.79 Å². The maximum Gasteiger partial charge on any atom is 0.262 e. The minimum atomic E-state index is -0.333. The zero-order valence-corrected chi connectivity index (χ0v) is 14.2. The Labute approximate surface area is 141 Å². The number of rotatable bonds is 4. The lowest BCUT2D eigenvalue weighted by Crippen LogP contribution is -2.20. The molecule has 0 aliphatic heterocycles. The van der Waals surface area contributed by atoms with Crippen LogP contribution in [0.15, 0.2) is 40.9 Å². The van der Waals surface area contributed by atoms with E-state index in [2.05, 4.69) is 21.2 Å². The van der Waals surface area contributed by atoms with Crippen molar-refractivity contribution < 1.29 is 9.53 Å². The van der Waals surface area contributed by atoms with E-state index in [0.717, 1.165) is 10.0 Å². The van der Waals surface area contributed by atoms with Crippen molar-refractivity contribution in [3.8, 4) is 5.75 Å². The molecule has 2 aromatic carbocycles. The third-order valence-electron chi connectivity index (χ3n) is 2.74. The minimum absolute atomic E-state index is 0.136. The number of benzene rings is 2. The molecule has 1 N–H and O–H groups in total. The van der Waals surface area contributed by atoms with Crippen LogP contribution in [-0.4, -0.2) is 12.5 Å². The molecule has 3 nitrogen and oxygen atoms in total. The van der Waals surface area contributed by atoms with Gasteiger partial charge in [0.1, 0.15) is 5.75 Å². The second-order valence-corrected chi connectivity index (χ2v) is 5.96. The Balaban J connectivity index is 2.03. The van der Waals surface area contributed by atoms with E-state index in [4.69, 9.17) is 27.9 Å². The Bertz CT molecular complexity index is 677. The number of para-hydroxylation sites is 1. The highest BCUT2D eigenvalue weighted by Gasteiger charge is 2.12. The minimum Gasteiger partial charge on any atom is -0.483 e. The van der Waals surface area contributed by atoms with Gasteiger partial charge in [0.25, 0.3) is 5.91 Å². The van der Waals surface area contributed by atoms with Gasteiger partial charge in [0, 0.05) is 0 Å². The van der Waals surface area contributed by atoms with Gasteiger partial charge in [-0.25, -0.2) is 0 Å². The van der Waals surface area contributed by atoms with Gasteiger partial charge >= 0.3 is 0 Å². The maximum atomic E-state index is 11.9. The third-order valence-corrected chi connectivity index (χ3v) is 4.20. The molecule has 0 saturated heterocycles. The Hall–Kier alpha value is -1.23. The number of carbonyl (C=O) groups excluding carboxylic acids is 1. The molecule has 110 valence electrons. The van der Waals surface area contributed by atoms with Crippen molar-refractivity contribution in [1.29, 1.82) is 0 Å². The van der Waals surface area contributed by atoms with E-state index in [9.17, 15) is 4.79 Å². The monoisotopic (exact) mass is 387 g/mol. The van der Waals surface area contributed by atoms with Gasteiger partial charge in [0.05, 0.1) is 20.2 Å². The van der Waals surface area contributed by atoms with Crippen molar-refractivity contribution in [3.05, 3.63) is 56.5 Å². The van der Waals surface area contributed by atoms with E-state index >= 15 is 0 Å². The highest BCUT2D eigenvalue weighted by atomic mass is 79.9.